The fourth-order valence-electron chi connectivity index (χ4n) is 3.04. The van der Waals surface area contributed by atoms with Crippen LogP contribution in [0.1, 0.15) is 12.6 Å². The minimum Gasteiger partial charge on any atom is -0.481 e. The number of carbonyl (C=O) groups excluding carboxylic acids is 1. The lowest BCUT2D eigenvalue weighted by atomic mass is 10.2. The van der Waals surface area contributed by atoms with Crippen molar-refractivity contribution >= 4 is 18.3 Å². The molecule has 1 unspecified atom stereocenters. The van der Waals surface area contributed by atoms with Crippen LogP contribution in [-0.2, 0) is 11.2 Å². The Morgan fingerprint density at radius 3 is 2.48 bits per heavy atom. The Hall–Kier alpha value is -2.18. The van der Waals surface area contributed by atoms with Gasteiger partial charge in [0.2, 0.25) is 0 Å². The molecule has 1 amide bonds. The Kier molecular flexibility index (Phi) is 8.00. The second kappa shape index (κ2) is 10.2. The van der Waals surface area contributed by atoms with E-state index in [0.29, 0.717) is 18.8 Å². The van der Waals surface area contributed by atoms with Crippen molar-refractivity contribution < 1.29 is 13.9 Å². The summed E-state index contributed by atoms with van der Waals surface area (Å²) >= 11 is 0. The van der Waals surface area contributed by atoms with E-state index >= 15 is 0 Å². The Morgan fingerprint density at radius 2 is 1.85 bits per heavy atom. The van der Waals surface area contributed by atoms with Crippen LogP contribution in [-0.4, -0.2) is 59.5 Å². The van der Waals surface area contributed by atoms with Crippen LogP contribution in [0.2, 0.25) is 0 Å². The molecule has 5 nitrogen and oxygen atoms in total. The van der Waals surface area contributed by atoms with Crippen LogP contribution in [0.15, 0.2) is 48.7 Å². The summed E-state index contributed by atoms with van der Waals surface area (Å²) in [6.45, 7) is 5.76. The summed E-state index contributed by atoms with van der Waals surface area (Å²) in [5.74, 6) is 0.151. The zero-order chi connectivity index (χ0) is 18.4. The first-order valence-corrected chi connectivity index (χ1v) is 8.95. The number of hydrogen-bond acceptors (Lipinski definition) is 4. The van der Waals surface area contributed by atoms with Crippen LogP contribution < -0.4 is 4.74 Å². The molecule has 1 fully saturated rings. The maximum absolute atomic E-state index is 12.9. The molecule has 1 saturated heterocycles. The van der Waals surface area contributed by atoms with Gasteiger partial charge >= 0.3 is 0 Å². The molecule has 1 aromatic carbocycles. The average molecular weight is 394 g/mol. The Balaban J connectivity index is 0.00000261. The maximum atomic E-state index is 12.9. The Morgan fingerprint density at radius 1 is 1.15 bits per heavy atom. The first kappa shape index (κ1) is 21.1. The van der Waals surface area contributed by atoms with Gasteiger partial charge < -0.3 is 9.64 Å². The SMILES string of the molecule is CC(Oc1ccc(F)cc1)C(=O)N1CCN(CCc2ccccn2)CC1.Cl. The van der Waals surface area contributed by atoms with Crippen LogP contribution in [0.25, 0.3) is 0 Å². The first-order chi connectivity index (χ1) is 12.6. The molecule has 1 aliphatic heterocycles. The highest BCUT2D eigenvalue weighted by molar-refractivity contribution is 5.85. The van der Waals surface area contributed by atoms with Crippen molar-refractivity contribution in [2.75, 3.05) is 32.7 Å². The first-order valence-electron chi connectivity index (χ1n) is 8.95. The number of benzene rings is 1. The molecule has 1 aliphatic rings. The largest absolute Gasteiger partial charge is 0.481 e. The molecule has 0 N–H and O–H groups in total. The number of hydrogen-bond donors (Lipinski definition) is 0. The molecule has 27 heavy (non-hydrogen) atoms. The van der Waals surface area contributed by atoms with Crippen LogP contribution in [0.4, 0.5) is 4.39 Å². The molecular formula is C20H25ClFN3O2. The number of rotatable bonds is 6. The number of piperazine rings is 1. The summed E-state index contributed by atoms with van der Waals surface area (Å²) in [6, 6.07) is 11.7. The monoisotopic (exact) mass is 393 g/mol. The van der Waals surface area contributed by atoms with Crippen molar-refractivity contribution in [1.82, 2.24) is 14.8 Å². The smallest absolute Gasteiger partial charge is 0.263 e. The molecule has 7 heteroatoms. The molecule has 0 aliphatic carbocycles. The van der Waals surface area contributed by atoms with Crippen molar-refractivity contribution in [3.8, 4) is 5.75 Å². The third-order valence-corrected chi connectivity index (χ3v) is 4.57. The minimum atomic E-state index is -0.583. The van der Waals surface area contributed by atoms with Crippen molar-refractivity contribution in [2.24, 2.45) is 0 Å². The van der Waals surface area contributed by atoms with Crippen molar-refractivity contribution in [1.29, 1.82) is 0 Å². The second-order valence-electron chi connectivity index (χ2n) is 6.45. The zero-order valence-corrected chi connectivity index (χ0v) is 16.2. The van der Waals surface area contributed by atoms with Gasteiger partial charge in [-0.2, -0.15) is 0 Å². The highest BCUT2D eigenvalue weighted by Crippen LogP contribution is 2.15. The second-order valence-corrected chi connectivity index (χ2v) is 6.45. The van der Waals surface area contributed by atoms with Crippen molar-refractivity contribution in [2.45, 2.75) is 19.4 Å². The van der Waals surface area contributed by atoms with Gasteiger partial charge in [-0.05, 0) is 43.3 Å². The van der Waals surface area contributed by atoms with Crippen LogP contribution in [0, 0.1) is 5.82 Å². The summed E-state index contributed by atoms with van der Waals surface area (Å²) in [5.41, 5.74) is 1.09. The maximum Gasteiger partial charge on any atom is 0.263 e. The predicted octanol–water partition coefficient (Wildman–Crippen LogP) is 2.80. The Bertz CT molecular complexity index is 707. The highest BCUT2D eigenvalue weighted by Gasteiger charge is 2.25. The molecule has 0 radical (unpaired) electrons. The van der Waals surface area contributed by atoms with Gasteiger partial charge in [-0.1, -0.05) is 6.07 Å². The molecule has 2 heterocycles. The van der Waals surface area contributed by atoms with Gasteiger partial charge in [0.1, 0.15) is 11.6 Å². The molecule has 0 bridgehead atoms. The van der Waals surface area contributed by atoms with E-state index in [9.17, 15) is 9.18 Å². The molecule has 1 aromatic heterocycles. The topological polar surface area (TPSA) is 45.7 Å². The number of halogens is 2. The van der Waals surface area contributed by atoms with E-state index in [1.807, 2.05) is 29.3 Å². The van der Waals surface area contributed by atoms with E-state index in [1.165, 1.54) is 24.3 Å². The minimum absolute atomic E-state index is 0. The van der Waals surface area contributed by atoms with Crippen LogP contribution >= 0.6 is 12.4 Å². The molecular weight excluding hydrogens is 369 g/mol. The lowest BCUT2D eigenvalue weighted by molar-refractivity contribution is -0.139. The highest BCUT2D eigenvalue weighted by atomic mass is 35.5. The zero-order valence-electron chi connectivity index (χ0n) is 15.4. The fraction of sp³-hybridized carbons (Fsp3) is 0.400. The number of pyridine rings is 1. The van der Waals surface area contributed by atoms with Gasteiger partial charge in [0.15, 0.2) is 6.10 Å². The van der Waals surface area contributed by atoms with Crippen LogP contribution in [0.5, 0.6) is 5.75 Å². The summed E-state index contributed by atoms with van der Waals surface area (Å²) in [4.78, 5) is 21.1. The van der Waals surface area contributed by atoms with E-state index in [4.69, 9.17) is 4.74 Å². The van der Waals surface area contributed by atoms with E-state index in [1.54, 1.807) is 6.92 Å². The van der Waals surface area contributed by atoms with Crippen molar-refractivity contribution in [3.63, 3.8) is 0 Å². The van der Waals surface area contributed by atoms with Crippen molar-refractivity contribution in [3.05, 3.63) is 60.2 Å². The molecule has 146 valence electrons. The lowest BCUT2D eigenvalue weighted by Crippen LogP contribution is -2.52. The van der Waals surface area contributed by atoms with Gasteiger partial charge in [-0.3, -0.25) is 14.7 Å². The third kappa shape index (κ3) is 6.19. The molecule has 2 aromatic rings. The number of ether oxygens (including phenoxy) is 1. The lowest BCUT2D eigenvalue weighted by Gasteiger charge is -2.35. The number of aromatic nitrogens is 1. The summed E-state index contributed by atoms with van der Waals surface area (Å²) in [7, 11) is 0. The van der Waals surface area contributed by atoms with E-state index in [2.05, 4.69) is 9.88 Å². The predicted molar refractivity (Wildman–Crippen MR) is 105 cm³/mol. The van der Waals surface area contributed by atoms with Gasteiger partial charge in [0, 0.05) is 51.0 Å². The van der Waals surface area contributed by atoms with E-state index < -0.39 is 6.10 Å². The quantitative estimate of drug-likeness (QED) is 0.757. The number of nitrogens with zero attached hydrogens (tertiary/aromatic N) is 3. The summed E-state index contributed by atoms with van der Waals surface area (Å²) < 4.78 is 18.6. The van der Waals surface area contributed by atoms with Crippen LogP contribution in [0.3, 0.4) is 0 Å². The standard InChI is InChI=1S/C20H24FN3O2.ClH/c1-16(26-19-7-5-17(21)6-8-19)20(25)24-14-12-23(13-15-24)11-9-18-4-2-3-10-22-18;/h2-8,10,16H,9,11-15H2,1H3;1H. The van der Waals surface area contributed by atoms with Gasteiger partial charge in [-0.15, -0.1) is 12.4 Å². The number of carbonyl (C=O) groups is 1. The molecule has 3 rings (SSSR count). The summed E-state index contributed by atoms with van der Waals surface area (Å²) in [6.07, 6.45) is 2.15. The van der Waals surface area contributed by atoms with E-state index in [-0.39, 0.29) is 24.1 Å². The van der Waals surface area contributed by atoms with E-state index in [0.717, 1.165) is 31.7 Å². The third-order valence-electron chi connectivity index (χ3n) is 4.57. The average Bonchev–Trinajstić information content (AvgIpc) is 2.69. The van der Waals surface area contributed by atoms with Gasteiger partial charge in [-0.25, -0.2) is 4.39 Å². The molecule has 1 atom stereocenters. The molecule has 0 spiro atoms. The van der Waals surface area contributed by atoms with Gasteiger partial charge in [0.25, 0.3) is 5.91 Å². The fourth-order valence-corrected chi connectivity index (χ4v) is 3.04. The normalized spacial score (nSPS) is 15.7. The molecule has 0 saturated carbocycles. The number of amides is 1. The van der Waals surface area contributed by atoms with Gasteiger partial charge in [0.05, 0.1) is 0 Å². The summed E-state index contributed by atoms with van der Waals surface area (Å²) in [5, 5.41) is 0. The Labute approximate surface area is 165 Å².